The number of aromatic nitrogens is 4. The van der Waals surface area contributed by atoms with E-state index in [1.54, 1.807) is 6.07 Å². The number of nitrogens with zero attached hydrogens (tertiary/aromatic N) is 4. The van der Waals surface area contributed by atoms with Crippen LogP contribution in [0, 0.1) is 6.92 Å². The van der Waals surface area contributed by atoms with E-state index >= 15 is 0 Å². The molecule has 0 atom stereocenters. The minimum absolute atomic E-state index is 0.137. The van der Waals surface area contributed by atoms with Crippen LogP contribution in [0.1, 0.15) is 15.9 Å². The van der Waals surface area contributed by atoms with Gasteiger partial charge >= 0.3 is 0 Å². The Labute approximate surface area is 121 Å². The van der Waals surface area contributed by atoms with Crippen LogP contribution in [0.4, 0.5) is 5.69 Å². The number of hydrogen-bond acceptors (Lipinski definition) is 4. The Kier molecular flexibility index (Phi) is 3.42. The first-order valence-corrected chi connectivity index (χ1v) is 6.44. The molecule has 0 unspecified atom stereocenters. The van der Waals surface area contributed by atoms with Gasteiger partial charge in [0.25, 0.3) is 5.91 Å². The Hall–Kier alpha value is -3.02. The van der Waals surface area contributed by atoms with Crippen LogP contribution in [-0.4, -0.2) is 26.1 Å². The molecule has 0 saturated carbocycles. The summed E-state index contributed by atoms with van der Waals surface area (Å²) in [5.74, 6) is -0.137. The van der Waals surface area contributed by atoms with E-state index in [0.717, 1.165) is 11.3 Å². The van der Waals surface area contributed by atoms with E-state index in [1.807, 2.05) is 49.4 Å². The van der Waals surface area contributed by atoms with Gasteiger partial charge in [0, 0.05) is 11.3 Å². The fourth-order valence-electron chi connectivity index (χ4n) is 2.03. The number of nitrogens with one attached hydrogen (secondary N) is 1. The molecule has 3 rings (SSSR count). The summed E-state index contributed by atoms with van der Waals surface area (Å²) in [6.07, 6.45) is 1.50. The van der Waals surface area contributed by atoms with Crippen molar-refractivity contribution in [1.29, 1.82) is 0 Å². The number of carbonyl (C=O) groups is 1. The molecule has 0 saturated heterocycles. The first kappa shape index (κ1) is 13.0. The Balaban J connectivity index is 1.84. The predicted molar refractivity (Wildman–Crippen MR) is 78.3 cm³/mol. The maximum atomic E-state index is 12.3. The van der Waals surface area contributed by atoms with Crippen LogP contribution in [0.15, 0.2) is 54.9 Å². The third-order valence-corrected chi connectivity index (χ3v) is 3.11. The molecule has 0 radical (unpaired) electrons. The second kappa shape index (κ2) is 5.54. The summed E-state index contributed by atoms with van der Waals surface area (Å²) in [7, 11) is 0. The van der Waals surface area contributed by atoms with Gasteiger partial charge in [-0.15, -0.1) is 5.10 Å². The van der Waals surface area contributed by atoms with E-state index in [4.69, 9.17) is 0 Å². The lowest BCUT2D eigenvalue weighted by Gasteiger charge is -2.08. The fraction of sp³-hybridized carbons (Fsp3) is 0.0667. The largest absolute Gasteiger partial charge is 0.322 e. The summed E-state index contributed by atoms with van der Waals surface area (Å²) in [6.45, 7) is 1.91. The minimum Gasteiger partial charge on any atom is -0.322 e. The molecule has 21 heavy (non-hydrogen) atoms. The summed E-state index contributed by atoms with van der Waals surface area (Å²) >= 11 is 0. The molecule has 6 nitrogen and oxygen atoms in total. The van der Waals surface area contributed by atoms with Gasteiger partial charge in [-0.25, -0.2) is 4.68 Å². The zero-order chi connectivity index (χ0) is 14.7. The highest BCUT2D eigenvalue weighted by Gasteiger charge is 2.09. The SMILES string of the molecule is Cc1ccccc1C(=O)Nc1cccc(-n2cnnn2)c1. The van der Waals surface area contributed by atoms with Crippen LogP contribution in [0.25, 0.3) is 5.69 Å². The van der Waals surface area contributed by atoms with Gasteiger partial charge in [0.05, 0.1) is 5.69 Å². The molecular formula is C15H13N5O. The number of carbonyl (C=O) groups excluding carboxylic acids is 1. The monoisotopic (exact) mass is 279 g/mol. The average molecular weight is 279 g/mol. The fourth-order valence-corrected chi connectivity index (χ4v) is 2.03. The topological polar surface area (TPSA) is 72.7 Å². The van der Waals surface area contributed by atoms with Crippen LogP contribution in [0.2, 0.25) is 0 Å². The molecule has 6 heteroatoms. The molecule has 1 heterocycles. The molecule has 3 aromatic rings. The summed E-state index contributed by atoms with van der Waals surface area (Å²) in [5, 5.41) is 13.9. The van der Waals surface area contributed by atoms with Crippen LogP contribution >= 0.6 is 0 Å². The molecule has 1 N–H and O–H groups in total. The number of rotatable bonds is 3. The number of benzene rings is 2. The molecule has 0 aliphatic rings. The van der Waals surface area contributed by atoms with Gasteiger partial charge in [-0.2, -0.15) is 0 Å². The van der Waals surface area contributed by atoms with Crippen molar-refractivity contribution in [1.82, 2.24) is 20.2 Å². The Morgan fingerprint density at radius 3 is 2.76 bits per heavy atom. The van der Waals surface area contributed by atoms with Crippen LogP contribution in [0.5, 0.6) is 0 Å². The molecule has 0 spiro atoms. The van der Waals surface area contributed by atoms with Gasteiger partial charge in [-0.05, 0) is 47.2 Å². The van der Waals surface area contributed by atoms with Gasteiger partial charge in [-0.1, -0.05) is 24.3 Å². The molecule has 0 bridgehead atoms. The third kappa shape index (κ3) is 2.79. The van der Waals surface area contributed by atoms with E-state index in [2.05, 4.69) is 20.8 Å². The molecule has 2 aromatic carbocycles. The number of tetrazole rings is 1. The summed E-state index contributed by atoms with van der Waals surface area (Å²) in [6, 6.07) is 14.8. The molecule has 1 aromatic heterocycles. The van der Waals surface area contributed by atoms with Crippen molar-refractivity contribution >= 4 is 11.6 Å². The van der Waals surface area contributed by atoms with E-state index in [1.165, 1.54) is 11.0 Å². The van der Waals surface area contributed by atoms with E-state index in [9.17, 15) is 4.79 Å². The van der Waals surface area contributed by atoms with E-state index in [-0.39, 0.29) is 5.91 Å². The third-order valence-electron chi connectivity index (χ3n) is 3.11. The average Bonchev–Trinajstić information content (AvgIpc) is 3.02. The van der Waals surface area contributed by atoms with Gasteiger partial charge < -0.3 is 5.32 Å². The van der Waals surface area contributed by atoms with E-state index < -0.39 is 0 Å². The van der Waals surface area contributed by atoms with Crippen molar-refractivity contribution in [2.45, 2.75) is 6.92 Å². The maximum absolute atomic E-state index is 12.3. The summed E-state index contributed by atoms with van der Waals surface area (Å²) in [5.41, 5.74) is 3.07. The highest BCUT2D eigenvalue weighted by atomic mass is 16.1. The highest BCUT2D eigenvalue weighted by Crippen LogP contribution is 2.15. The number of anilines is 1. The molecule has 0 aliphatic heterocycles. The van der Waals surface area contributed by atoms with Gasteiger partial charge in [0.2, 0.25) is 0 Å². The van der Waals surface area contributed by atoms with Crippen LogP contribution in [-0.2, 0) is 0 Å². The van der Waals surface area contributed by atoms with Crippen LogP contribution < -0.4 is 5.32 Å². The van der Waals surface area contributed by atoms with Crippen molar-refractivity contribution in [3.05, 3.63) is 66.0 Å². The maximum Gasteiger partial charge on any atom is 0.255 e. The van der Waals surface area contributed by atoms with Crippen molar-refractivity contribution in [3.8, 4) is 5.69 Å². The predicted octanol–water partition coefficient (Wildman–Crippen LogP) is 2.22. The number of amides is 1. The summed E-state index contributed by atoms with van der Waals surface area (Å²) < 4.78 is 1.53. The second-order valence-corrected chi connectivity index (χ2v) is 4.57. The highest BCUT2D eigenvalue weighted by molar-refractivity contribution is 6.05. The minimum atomic E-state index is -0.137. The summed E-state index contributed by atoms with van der Waals surface area (Å²) in [4.78, 5) is 12.3. The molecular weight excluding hydrogens is 266 g/mol. The van der Waals surface area contributed by atoms with Crippen molar-refractivity contribution in [2.24, 2.45) is 0 Å². The zero-order valence-electron chi connectivity index (χ0n) is 11.4. The lowest BCUT2D eigenvalue weighted by atomic mass is 10.1. The normalized spacial score (nSPS) is 10.3. The molecule has 0 fully saturated rings. The standard InChI is InChI=1S/C15H13N5O/c1-11-5-2-3-8-14(11)15(21)17-12-6-4-7-13(9-12)20-10-16-18-19-20/h2-10H,1H3,(H,17,21). The number of hydrogen-bond donors (Lipinski definition) is 1. The molecule has 1 amide bonds. The van der Waals surface area contributed by atoms with Gasteiger partial charge in [-0.3, -0.25) is 4.79 Å². The first-order valence-electron chi connectivity index (χ1n) is 6.44. The zero-order valence-corrected chi connectivity index (χ0v) is 11.4. The Bertz CT molecular complexity index is 767. The van der Waals surface area contributed by atoms with Gasteiger partial charge in [0.1, 0.15) is 6.33 Å². The van der Waals surface area contributed by atoms with Crippen LogP contribution in [0.3, 0.4) is 0 Å². The lowest BCUT2D eigenvalue weighted by Crippen LogP contribution is -2.13. The smallest absolute Gasteiger partial charge is 0.255 e. The van der Waals surface area contributed by atoms with E-state index in [0.29, 0.717) is 11.3 Å². The number of aryl methyl sites for hydroxylation is 1. The Morgan fingerprint density at radius 2 is 2.00 bits per heavy atom. The molecule has 0 aliphatic carbocycles. The second-order valence-electron chi connectivity index (χ2n) is 4.57. The first-order chi connectivity index (χ1) is 10.2. The van der Waals surface area contributed by atoms with Crippen molar-refractivity contribution in [3.63, 3.8) is 0 Å². The van der Waals surface area contributed by atoms with Crippen molar-refractivity contribution in [2.75, 3.05) is 5.32 Å². The quantitative estimate of drug-likeness (QED) is 0.798. The molecule has 104 valence electrons. The van der Waals surface area contributed by atoms with Gasteiger partial charge in [0.15, 0.2) is 0 Å². The lowest BCUT2D eigenvalue weighted by molar-refractivity contribution is 0.102. The van der Waals surface area contributed by atoms with Crippen molar-refractivity contribution < 1.29 is 4.79 Å². The Morgan fingerprint density at radius 1 is 1.14 bits per heavy atom.